The van der Waals surface area contributed by atoms with Crippen LogP contribution in [0.5, 0.6) is 0 Å². The van der Waals surface area contributed by atoms with Gasteiger partial charge in [-0.2, -0.15) is 13.2 Å². The molecule has 0 aromatic heterocycles. The van der Waals surface area contributed by atoms with Crippen molar-refractivity contribution in [1.29, 1.82) is 0 Å². The lowest BCUT2D eigenvalue weighted by Crippen LogP contribution is -2.22. The van der Waals surface area contributed by atoms with Crippen molar-refractivity contribution in [1.82, 2.24) is 4.90 Å². The molecule has 5 heteroatoms. The van der Waals surface area contributed by atoms with Crippen LogP contribution in [0.25, 0.3) is 0 Å². The molecule has 1 aromatic rings. The van der Waals surface area contributed by atoms with Gasteiger partial charge in [0.2, 0.25) is 0 Å². The van der Waals surface area contributed by atoms with E-state index in [-0.39, 0.29) is 10.4 Å². The third-order valence-corrected chi connectivity index (χ3v) is 4.49. The van der Waals surface area contributed by atoms with E-state index in [1.807, 2.05) is 7.05 Å². The van der Waals surface area contributed by atoms with Crippen LogP contribution in [-0.2, 0) is 11.6 Å². The molecule has 1 aromatic carbocycles. The molecule has 1 saturated carbocycles. The molecule has 2 fully saturated rings. The average Bonchev–Trinajstić information content (AvgIpc) is 2.81. The molecule has 0 radical (unpaired) electrons. The molecule has 1 heterocycles. The normalized spacial score (nSPS) is 31.5. The predicted octanol–water partition coefficient (Wildman–Crippen LogP) is 3.56. The lowest BCUT2D eigenvalue weighted by molar-refractivity contribution is -0.137. The summed E-state index contributed by atoms with van der Waals surface area (Å²) >= 11 is 5.64. The summed E-state index contributed by atoms with van der Waals surface area (Å²) in [6.45, 7) is 1.82. The van der Waals surface area contributed by atoms with Gasteiger partial charge in [0.15, 0.2) is 0 Å². The van der Waals surface area contributed by atoms with E-state index < -0.39 is 11.7 Å². The number of hydrogen-bond donors (Lipinski definition) is 0. The number of benzene rings is 1. The summed E-state index contributed by atoms with van der Waals surface area (Å²) in [5, 5.41) is -0.216. The van der Waals surface area contributed by atoms with Crippen molar-refractivity contribution in [3.8, 4) is 0 Å². The molecule has 1 aliphatic heterocycles. The van der Waals surface area contributed by atoms with Gasteiger partial charge in [0.1, 0.15) is 0 Å². The number of hydrogen-bond acceptors (Lipinski definition) is 1. The van der Waals surface area contributed by atoms with Crippen LogP contribution in [0.2, 0.25) is 5.02 Å². The van der Waals surface area contributed by atoms with Gasteiger partial charge in [0, 0.05) is 18.5 Å². The van der Waals surface area contributed by atoms with E-state index in [9.17, 15) is 13.2 Å². The zero-order chi connectivity index (χ0) is 13.1. The Morgan fingerprint density at radius 3 is 2.67 bits per heavy atom. The van der Waals surface area contributed by atoms with Gasteiger partial charge in [-0.05, 0) is 37.1 Å². The van der Waals surface area contributed by atoms with Crippen molar-refractivity contribution >= 4 is 11.6 Å². The Balaban J connectivity index is 2.00. The molecule has 98 valence electrons. The zero-order valence-electron chi connectivity index (χ0n) is 9.89. The van der Waals surface area contributed by atoms with Gasteiger partial charge in [-0.15, -0.1) is 0 Å². The number of likely N-dealkylation sites (tertiary alicyclic amines) is 1. The predicted molar refractivity (Wildman–Crippen MR) is 63.7 cm³/mol. The van der Waals surface area contributed by atoms with E-state index in [0.717, 1.165) is 25.1 Å². The fraction of sp³-hybridized carbons (Fsp3) is 0.538. The highest BCUT2D eigenvalue weighted by molar-refractivity contribution is 6.31. The van der Waals surface area contributed by atoms with E-state index in [4.69, 9.17) is 11.6 Å². The third kappa shape index (κ3) is 1.74. The standard InChI is InChI=1S/C13H13ClF3N/c1-18-6-9-5-12(9,7-18)8-2-3-11(14)10(4-8)13(15,16)17/h2-4,9H,5-7H2,1H3/t9-,12+/m0/s1. The van der Waals surface area contributed by atoms with Crippen LogP contribution in [-0.4, -0.2) is 25.0 Å². The molecule has 1 saturated heterocycles. The Morgan fingerprint density at radius 1 is 1.39 bits per heavy atom. The summed E-state index contributed by atoms with van der Waals surface area (Å²) < 4.78 is 38.5. The van der Waals surface area contributed by atoms with Gasteiger partial charge in [0.25, 0.3) is 0 Å². The van der Waals surface area contributed by atoms with E-state index in [1.165, 1.54) is 12.1 Å². The maximum Gasteiger partial charge on any atom is 0.417 e. The van der Waals surface area contributed by atoms with Crippen molar-refractivity contribution in [2.45, 2.75) is 18.0 Å². The molecule has 1 aliphatic carbocycles. The second-order valence-corrected chi connectivity index (χ2v) is 5.85. The first kappa shape index (κ1) is 12.3. The average molecular weight is 276 g/mol. The zero-order valence-corrected chi connectivity index (χ0v) is 10.6. The van der Waals surface area contributed by atoms with Crippen molar-refractivity contribution in [3.05, 3.63) is 34.3 Å². The van der Waals surface area contributed by atoms with Crippen LogP contribution in [0.3, 0.4) is 0 Å². The lowest BCUT2D eigenvalue weighted by atomic mass is 9.93. The highest BCUT2D eigenvalue weighted by Crippen LogP contribution is 2.59. The molecule has 0 bridgehead atoms. The highest BCUT2D eigenvalue weighted by atomic mass is 35.5. The van der Waals surface area contributed by atoms with E-state index in [0.29, 0.717) is 5.92 Å². The van der Waals surface area contributed by atoms with E-state index in [1.54, 1.807) is 6.07 Å². The molecule has 2 atom stereocenters. The molecule has 2 aliphatic rings. The summed E-state index contributed by atoms with van der Waals surface area (Å²) in [5.41, 5.74) is 0.0177. The van der Waals surface area contributed by atoms with Crippen molar-refractivity contribution in [2.75, 3.05) is 20.1 Å². The quantitative estimate of drug-likeness (QED) is 0.757. The molecule has 1 nitrogen and oxygen atoms in total. The maximum atomic E-state index is 12.8. The van der Waals surface area contributed by atoms with Crippen molar-refractivity contribution < 1.29 is 13.2 Å². The monoisotopic (exact) mass is 275 g/mol. The number of nitrogens with zero attached hydrogens (tertiary/aromatic N) is 1. The molecule has 0 unspecified atom stereocenters. The van der Waals surface area contributed by atoms with E-state index in [2.05, 4.69) is 4.90 Å². The SMILES string of the molecule is CN1C[C@@H]2C[C@]2(c2ccc(Cl)c(C(F)(F)F)c2)C1. The first-order valence-corrected chi connectivity index (χ1v) is 6.26. The van der Waals surface area contributed by atoms with Gasteiger partial charge in [-0.25, -0.2) is 0 Å². The summed E-state index contributed by atoms with van der Waals surface area (Å²) in [6, 6.07) is 4.36. The third-order valence-electron chi connectivity index (χ3n) is 4.16. The minimum Gasteiger partial charge on any atom is -0.305 e. The van der Waals surface area contributed by atoms with Crippen LogP contribution in [0.4, 0.5) is 13.2 Å². The Bertz CT molecular complexity index is 499. The second kappa shape index (κ2) is 3.64. The molecule has 0 N–H and O–H groups in total. The van der Waals surface area contributed by atoms with Crippen LogP contribution in [0.1, 0.15) is 17.5 Å². The number of likely N-dealkylation sites (N-methyl/N-ethyl adjacent to an activating group) is 1. The minimum absolute atomic E-state index is 0.0562. The van der Waals surface area contributed by atoms with Crippen LogP contribution in [0.15, 0.2) is 18.2 Å². The second-order valence-electron chi connectivity index (χ2n) is 5.45. The highest BCUT2D eigenvalue weighted by Gasteiger charge is 2.60. The van der Waals surface area contributed by atoms with Gasteiger partial charge in [0.05, 0.1) is 10.6 Å². The largest absolute Gasteiger partial charge is 0.417 e. The maximum absolute atomic E-state index is 12.8. The summed E-state index contributed by atoms with van der Waals surface area (Å²) in [7, 11) is 2.01. The van der Waals surface area contributed by atoms with Gasteiger partial charge < -0.3 is 4.90 Å². The van der Waals surface area contributed by atoms with Crippen LogP contribution >= 0.6 is 11.6 Å². The van der Waals surface area contributed by atoms with Gasteiger partial charge in [-0.1, -0.05) is 17.7 Å². The number of piperidine rings is 1. The fourth-order valence-corrected chi connectivity index (χ4v) is 3.46. The number of rotatable bonds is 1. The van der Waals surface area contributed by atoms with E-state index >= 15 is 0 Å². The molecular weight excluding hydrogens is 263 g/mol. The molecule has 0 spiro atoms. The Morgan fingerprint density at radius 2 is 2.11 bits per heavy atom. The topological polar surface area (TPSA) is 3.24 Å². The number of fused-ring (bicyclic) bond motifs is 1. The number of halogens is 4. The molecular formula is C13H13ClF3N. The summed E-state index contributed by atoms with van der Waals surface area (Å²) in [5.74, 6) is 0.504. The first-order chi connectivity index (χ1) is 8.33. The van der Waals surface area contributed by atoms with Crippen LogP contribution in [0, 0.1) is 5.92 Å². The first-order valence-electron chi connectivity index (χ1n) is 5.89. The van der Waals surface area contributed by atoms with Gasteiger partial charge in [-0.3, -0.25) is 0 Å². The summed E-state index contributed by atoms with van der Waals surface area (Å²) in [4.78, 5) is 2.18. The Hall–Kier alpha value is -0.740. The van der Waals surface area contributed by atoms with Crippen LogP contribution < -0.4 is 0 Å². The van der Waals surface area contributed by atoms with Crippen molar-refractivity contribution in [3.63, 3.8) is 0 Å². The molecule has 3 rings (SSSR count). The van der Waals surface area contributed by atoms with Gasteiger partial charge >= 0.3 is 6.18 Å². The molecule has 0 amide bonds. The Labute approximate surface area is 109 Å². The van der Waals surface area contributed by atoms with Crippen molar-refractivity contribution in [2.24, 2.45) is 5.92 Å². The summed E-state index contributed by atoms with van der Waals surface area (Å²) in [6.07, 6.45) is -3.38. The minimum atomic E-state index is -4.38. The Kier molecular flexibility index (Phi) is 2.49. The lowest BCUT2D eigenvalue weighted by Gasteiger charge is -2.18. The number of alkyl halides is 3. The smallest absolute Gasteiger partial charge is 0.305 e. The molecule has 18 heavy (non-hydrogen) atoms. The fourth-order valence-electron chi connectivity index (χ4n) is 3.23.